The quantitative estimate of drug-likeness (QED) is 0.0281. The largest absolute Gasteiger partial charge is 0.477 e. The van der Waals surface area contributed by atoms with Gasteiger partial charge in [0, 0.05) is 12.8 Å². The van der Waals surface area contributed by atoms with Crippen LogP contribution >= 0.6 is 0 Å². The molecule has 0 aromatic carbocycles. The molecule has 1 N–H and O–H groups in total. The first-order valence-corrected chi connectivity index (χ1v) is 23.7. The van der Waals surface area contributed by atoms with Gasteiger partial charge in [-0.2, -0.15) is 0 Å². The Morgan fingerprint density at radius 3 is 1.14 bits per heavy atom. The van der Waals surface area contributed by atoms with Gasteiger partial charge >= 0.3 is 17.9 Å². The van der Waals surface area contributed by atoms with Crippen molar-refractivity contribution in [1.82, 2.24) is 0 Å². The summed E-state index contributed by atoms with van der Waals surface area (Å²) in [4.78, 5) is 36.8. The van der Waals surface area contributed by atoms with Crippen LogP contribution in [0.4, 0.5) is 0 Å². The highest BCUT2D eigenvalue weighted by Gasteiger charge is 2.25. The third kappa shape index (κ3) is 40.5. The van der Waals surface area contributed by atoms with Gasteiger partial charge in [-0.3, -0.25) is 9.59 Å². The maximum atomic E-state index is 12.7. The Morgan fingerprint density at radius 1 is 0.464 bits per heavy atom. The number of likely N-dealkylation sites (N-methyl/N-ethyl adjacent to an activating group) is 1. The zero-order valence-electron chi connectivity index (χ0n) is 37.6. The predicted molar refractivity (Wildman–Crippen MR) is 231 cm³/mol. The van der Waals surface area contributed by atoms with Crippen LogP contribution in [0.15, 0.2) is 0 Å². The van der Waals surface area contributed by atoms with Gasteiger partial charge < -0.3 is 28.5 Å². The third-order valence-electron chi connectivity index (χ3n) is 10.6. The van der Waals surface area contributed by atoms with Crippen molar-refractivity contribution in [1.29, 1.82) is 0 Å². The number of hydrogen-bond acceptors (Lipinski definition) is 7. The number of hydrogen-bond donors (Lipinski definition) is 1. The number of carboxylic acid groups (broad SMARTS) is 1. The number of nitrogens with zero attached hydrogens (tertiary/aromatic N) is 1. The molecule has 0 aliphatic heterocycles. The lowest BCUT2D eigenvalue weighted by Gasteiger charge is -2.25. The highest BCUT2D eigenvalue weighted by molar-refractivity contribution is 5.71. The fraction of sp³-hybridized carbons (Fsp3) is 0.936. The number of carbonyl (C=O) groups is 3. The van der Waals surface area contributed by atoms with Crippen LogP contribution in [-0.4, -0.2) is 87.4 Å². The lowest BCUT2D eigenvalue weighted by Crippen LogP contribution is -2.40. The second-order valence-electron chi connectivity index (χ2n) is 17.4. The third-order valence-corrected chi connectivity index (χ3v) is 10.6. The first kappa shape index (κ1) is 54.3. The number of rotatable bonds is 44. The van der Waals surface area contributed by atoms with Crippen molar-refractivity contribution >= 4 is 17.9 Å². The molecule has 0 amide bonds. The summed E-state index contributed by atoms with van der Waals surface area (Å²) in [5.41, 5.74) is 0. The highest BCUT2D eigenvalue weighted by Crippen LogP contribution is 2.17. The molecule has 0 rings (SSSR count). The second kappa shape index (κ2) is 40.1. The van der Waals surface area contributed by atoms with Gasteiger partial charge in [0.25, 0.3) is 6.29 Å². The Balaban J connectivity index is 4.07. The maximum Gasteiger partial charge on any atom is 0.361 e. The van der Waals surface area contributed by atoms with Crippen LogP contribution in [-0.2, 0) is 33.3 Å². The van der Waals surface area contributed by atoms with Crippen LogP contribution in [0.3, 0.4) is 0 Å². The topological polar surface area (TPSA) is 108 Å². The van der Waals surface area contributed by atoms with E-state index in [-0.39, 0.29) is 32.2 Å². The molecule has 0 aromatic heterocycles. The summed E-state index contributed by atoms with van der Waals surface area (Å²) >= 11 is 0. The minimum Gasteiger partial charge on any atom is -0.477 e. The molecule has 9 heteroatoms. The van der Waals surface area contributed by atoms with Crippen molar-refractivity contribution < 1.29 is 42.9 Å². The van der Waals surface area contributed by atoms with Gasteiger partial charge in [-0.15, -0.1) is 0 Å². The second-order valence-corrected chi connectivity index (χ2v) is 17.4. The van der Waals surface area contributed by atoms with Crippen molar-refractivity contribution in [2.75, 3.05) is 47.5 Å². The molecule has 2 atom stereocenters. The Kier molecular flexibility index (Phi) is 38.9. The molecule has 332 valence electrons. The SMILES string of the molecule is CCCCCCCCCCCCCCCCCCCCCCCCCCCC(=O)OC(COC(=O)CCCCCCCC)COC(OCC[N+](C)(C)C)C(=O)O. The number of carbonyl (C=O) groups excluding carboxylic acids is 2. The standard InChI is InChI=1S/C47H91NO8/c1-6-8-10-12-14-15-16-17-18-19-20-21-22-23-24-25-26-27-28-29-30-31-32-34-36-38-45(50)56-43(41-54-44(49)37-35-33-13-11-9-7-2)42-55-47(46(51)52)53-40-39-48(3,4)5/h43,47H,6-42H2,1-5H3/p+1. The number of quaternary nitrogens is 1. The molecule has 0 heterocycles. The molecule has 0 fully saturated rings. The summed E-state index contributed by atoms with van der Waals surface area (Å²) in [6.45, 7) is 4.84. The van der Waals surface area contributed by atoms with E-state index >= 15 is 0 Å². The minimum atomic E-state index is -1.50. The van der Waals surface area contributed by atoms with Crippen molar-refractivity contribution in [2.45, 2.75) is 238 Å². The summed E-state index contributed by atoms with van der Waals surface area (Å²) in [6, 6.07) is 0. The molecule has 0 radical (unpaired) electrons. The maximum absolute atomic E-state index is 12.7. The average Bonchev–Trinajstić information content (AvgIpc) is 3.15. The van der Waals surface area contributed by atoms with E-state index in [4.69, 9.17) is 18.9 Å². The lowest BCUT2D eigenvalue weighted by atomic mass is 10.0. The number of aliphatic carboxylic acids is 1. The van der Waals surface area contributed by atoms with Gasteiger partial charge in [0.15, 0.2) is 6.10 Å². The van der Waals surface area contributed by atoms with Gasteiger partial charge in [-0.25, -0.2) is 4.79 Å². The van der Waals surface area contributed by atoms with Crippen molar-refractivity contribution in [2.24, 2.45) is 0 Å². The minimum absolute atomic E-state index is 0.175. The highest BCUT2D eigenvalue weighted by atomic mass is 16.7. The van der Waals surface area contributed by atoms with Crippen LogP contribution in [0.5, 0.6) is 0 Å². The average molecular weight is 799 g/mol. The van der Waals surface area contributed by atoms with Gasteiger partial charge in [-0.1, -0.05) is 200 Å². The van der Waals surface area contributed by atoms with Crippen LogP contribution in [0.2, 0.25) is 0 Å². The van der Waals surface area contributed by atoms with E-state index in [1.54, 1.807) is 0 Å². The lowest BCUT2D eigenvalue weighted by molar-refractivity contribution is -0.870. The van der Waals surface area contributed by atoms with Crippen LogP contribution in [0.25, 0.3) is 0 Å². The summed E-state index contributed by atoms with van der Waals surface area (Å²) in [5, 5.41) is 9.59. The van der Waals surface area contributed by atoms with E-state index in [0.29, 0.717) is 17.4 Å². The smallest absolute Gasteiger partial charge is 0.361 e. The summed E-state index contributed by atoms with van der Waals surface area (Å²) in [7, 11) is 5.95. The summed E-state index contributed by atoms with van der Waals surface area (Å²) < 4.78 is 22.6. The van der Waals surface area contributed by atoms with Crippen LogP contribution in [0, 0.1) is 0 Å². The van der Waals surface area contributed by atoms with E-state index < -0.39 is 24.3 Å². The molecular formula is C47H92NO8+. The van der Waals surface area contributed by atoms with E-state index in [1.165, 1.54) is 161 Å². The molecular weight excluding hydrogens is 707 g/mol. The number of ether oxygens (including phenoxy) is 4. The molecule has 0 aromatic rings. The molecule has 0 bridgehead atoms. The number of unbranched alkanes of at least 4 members (excludes halogenated alkanes) is 29. The molecule has 0 spiro atoms. The number of carboxylic acids is 1. The molecule has 0 saturated carbocycles. The molecule has 0 saturated heterocycles. The first-order chi connectivity index (χ1) is 27.1. The summed E-state index contributed by atoms with van der Waals surface area (Å²) in [5.74, 6) is -2.00. The van der Waals surface area contributed by atoms with Crippen molar-refractivity contribution in [3.05, 3.63) is 0 Å². The Bertz CT molecular complexity index is 892. The van der Waals surface area contributed by atoms with Gasteiger partial charge in [-0.05, 0) is 12.8 Å². The first-order valence-electron chi connectivity index (χ1n) is 23.7. The zero-order chi connectivity index (χ0) is 41.4. The fourth-order valence-electron chi connectivity index (χ4n) is 6.90. The van der Waals surface area contributed by atoms with Crippen molar-refractivity contribution in [3.8, 4) is 0 Å². The van der Waals surface area contributed by atoms with E-state index in [1.807, 2.05) is 21.1 Å². The molecule has 2 unspecified atom stereocenters. The van der Waals surface area contributed by atoms with Gasteiger partial charge in [0.05, 0.1) is 34.4 Å². The summed E-state index contributed by atoms with van der Waals surface area (Å²) in [6.07, 6.45) is 37.8. The van der Waals surface area contributed by atoms with E-state index in [2.05, 4.69) is 13.8 Å². The fourth-order valence-corrected chi connectivity index (χ4v) is 6.90. The number of esters is 2. The Labute approximate surface area is 345 Å². The van der Waals surface area contributed by atoms with Crippen LogP contribution in [0.1, 0.15) is 226 Å². The normalized spacial score (nSPS) is 12.8. The van der Waals surface area contributed by atoms with Gasteiger partial charge in [0.1, 0.15) is 13.2 Å². The van der Waals surface area contributed by atoms with Crippen molar-refractivity contribution in [3.63, 3.8) is 0 Å². The molecule has 9 nitrogen and oxygen atoms in total. The van der Waals surface area contributed by atoms with E-state index in [9.17, 15) is 19.5 Å². The molecule has 0 aliphatic carbocycles. The predicted octanol–water partition coefficient (Wildman–Crippen LogP) is 12.5. The molecule has 56 heavy (non-hydrogen) atoms. The van der Waals surface area contributed by atoms with Gasteiger partial charge in [0.2, 0.25) is 0 Å². The monoisotopic (exact) mass is 799 g/mol. The zero-order valence-corrected chi connectivity index (χ0v) is 37.6. The Morgan fingerprint density at radius 2 is 0.804 bits per heavy atom. The van der Waals surface area contributed by atoms with E-state index in [0.717, 1.165) is 38.5 Å². The van der Waals surface area contributed by atoms with Crippen LogP contribution < -0.4 is 0 Å². The molecule has 0 aliphatic rings. The Hall–Kier alpha value is -1.71.